The third kappa shape index (κ3) is 3.56. The summed E-state index contributed by atoms with van der Waals surface area (Å²) in [5.74, 6) is -0.123. The Bertz CT molecular complexity index is 511. The molecule has 1 aromatic carbocycles. The number of halogens is 1. The number of hydrogen-bond donors (Lipinski definition) is 0. The van der Waals surface area contributed by atoms with E-state index >= 15 is 0 Å². The molecule has 0 aromatic heterocycles. The first kappa shape index (κ1) is 15.0. The smallest absolute Gasteiger partial charge is 0.270 e. The van der Waals surface area contributed by atoms with E-state index in [1.54, 1.807) is 6.07 Å². The van der Waals surface area contributed by atoms with Crippen molar-refractivity contribution >= 4 is 27.5 Å². The molecule has 0 unspecified atom stereocenters. The van der Waals surface area contributed by atoms with Crippen LogP contribution in [0.5, 0.6) is 0 Å². The van der Waals surface area contributed by atoms with E-state index in [0.29, 0.717) is 10.0 Å². The van der Waals surface area contributed by atoms with Crippen molar-refractivity contribution in [2.24, 2.45) is 0 Å². The molecule has 0 atom stereocenters. The van der Waals surface area contributed by atoms with Gasteiger partial charge in [0.2, 0.25) is 0 Å². The monoisotopic (exact) mass is 340 g/mol. The Hall–Kier alpha value is -1.43. The Balaban J connectivity index is 2.22. The molecule has 0 aliphatic carbocycles. The minimum atomic E-state index is -0.476. The predicted molar refractivity (Wildman–Crippen MR) is 79.8 cm³/mol. The van der Waals surface area contributed by atoms with Gasteiger partial charge in [0.25, 0.3) is 11.6 Å². The molecule has 0 saturated carbocycles. The zero-order valence-corrected chi connectivity index (χ0v) is 12.8. The van der Waals surface area contributed by atoms with Gasteiger partial charge in [-0.1, -0.05) is 19.3 Å². The maximum absolute atomic E-state index is 12.5. The molecule has 1 aliphatic heterocycles. The molecule has 108 valence electrons. The van der Waals surface area contributed by atoms with Crippen LogP contribution in [0.1, 0.15) is 42.5 Å². The number of nitro groups is 1. The molecule has 1 aliphatic rings. The summed E-state index contributed by atoms with van der Waals surface area (Å²) in [5.41, 5.74) is 0.323. The molecule has 6 heteroatoms. The predicted octanol–water partition coefficient (Wildman–Crippen LogP) is 3.76. The standard InChI is InChI=1S/C14H17BrN2O3/c15-13-7-6-11(17(19)20)10-12(13)14(18)16-8-4-2-1-3-5-9-16/h6-7,10H,1-5,8-9H2. The van der Waals surface area contributed by atoms with E-state index in [0.717, 1.165) is 38.8 Å². The van der Waals surface area contributed by atoms with Gasteiger partial charge in [-0.3, -0.25) is 14.9 Å². The van der Waals surface area contributed by atoms with E-state index in [-0.39, 0.29) is 11.6 Å². The first-order chi connectivity index (χ1) is 9.59. The molecule has 2 rings (SSSR count). The van der Waals surface area contributed by atoms with Gasteiger partial charge in [-0.05, 0) is 34.8 Å². The van der Waals surface area contributed by atoms with Gasteiger partial charge in [-0.15, -0.1) is 0 Å². The molecule has 1 amide bonds. The number of hydrogen-bond acceptors (Lipinski definition) is 3. The highest BCUT2D eigenvalue weighted by Gasteiger charge is 2.21. The minimum Gasteiger partial charge on any atom is -0.339 e. The quantitative estimate of drug-likeness (QED) is 0.608. The molecule has 5 nitrogen and oxygen atoms in total. The first-order valence-corrected chi connectivity index (χ1v) is 7.62. The second kappa shape index (κ2) is 6.83. The Morgan fingerprint density at radius 2 is 1.75 bits per heavy atom. The van der Waals surface area contributed by atoms with Crippen LogP contribution >= 0.6 is 15.9 Å². The number of benzene rings is 1. The number of carbonyl (C=O) groups is 1. The fraction of sp³-hybridized carbons (Fsp3) is 0.500. The Morgan fingerprint density at radius 3 is 2.35 bits per heavy atom. The molecule has 0 bridgehead atoms. The molecule has 1 saturated heterocycles. The van der Waals surface area contributed by atoms with E-state index < -0.39 is 4.92 Å². The van der Waals surface area contributed by atoms with Crippen molar-refractivity contribution in [2.75, 3.05) is 13.1 Å². The normalized spacial score (nSPS) is 16.4. The van der Waals surface area contributed by atoms with Crippen molar-refractivity contribution in [3.63, 3.8) is 0 Å². The molecule has 1 aromatic rings. The molecule has 1 heterocycles. The van der Waals surface area contributed by atoms with Gasteiger partial charge in [0.15, 0.2) is 0 Å². The number of amides is 1. The van der Waals surface area contributed by atoms with Crippen molar-refractivity contribution in [3.8, 4) is 0 Å². The molecule has 1 fully saturated rings. The zero-order valence-electron chi connectivity index (χ0n) is 11.2. The number of likely N-dealkylation sites (tertiary alicyclic amines) is 1. The van der Waals surface area contributed by atoms with Gasteiger partial charge in [-0.2, -0.15) is 0 Å². The maximum atomic E-state index is 12.5. The lowest BCUT2D eigenvalue weighted by Gasteiger charge is -2.25. The number of nitrogens with zero attached hydrogens (tertiary/aromatic N) is 2. The lowest BCUT2D eigenvalue weighted by atomic mass is 10.1. The van der Waals surface area contributed by atoms with E-state index in [4.69, 9.17) is 0 Å². The van der Waals surface area contributed by atoms with E-state index in [1.807, 2.05) is 4.90 Å². The summed E-state index contributed by atoms with van der Waals surface area (Å²) < 4.78 is 0.607. The van der Waals surface area contributed by atoms with Crippen LogP contribution in [0, 0.1) is 10.1 Å². The van der Waals surface area contributed by atoms with E-state index in [1.165, 1.54) is 18.6 Å². The van der Waals surface area contributed by atoms with Crippen molar-refractivity contribution in [1.82, 2.24) is 4.90 Å². The second-order valence-electron chi connectivity index (χ2n) is 4.98. The lowest BCUT2D eigenvalue weighted by Crippen LogP contribution is -2.34. The van der Waals surface area contributed by atoms with Crippen LogP contribution in [0.25, 0.3) is 0 Å². The van der Waals surface area contributed by atoms with Gasteiger partial charge in [0, 0.05) is 29.7 Å². The number of rotatable bonds is 2. The first-order valence-electron chi connectivity index (χ1n) is 6.83. The van der Waals surface area contributed by atoms with Crippen LogP contribution in [-0.4, -0.2) is 28.8 Å². The fourth-order valence-corrected chi connectivity index (χ4v) is 2.83. The molecule has 0 spiro atoms. The molecule has 20 heavy (non-hydrogen) atoms. The average molecular weight is 341 g/mol. The molecular weight excluding hydrogens is 324 g/mol. The van der Waals surface area contributed by atoms with E-state index in [9.17, 15) is 14.9 Å². The van der Waals surface area contributed by atoms with Crippen LogP contribution < -0.4 is 0 Å². The number of nitro benzene ring substituents is 1. The van der Waals surface area contributed by atoms with Gasteiger partial charge < -0.3 is 4.90 Å². The van der Waals surface area contributed by atoms with Crippen LogP contribution in [0.2, 0.25) is 0 Å². The van der Waals surface area contributed by atoms with Crippen molar-refractivity contribution < 1.29 is 9.72 Å². The Labute approximate surface area is 126 Å². The second-order valence-corrected chi connectivity index (χ2v) is 5.84. The zero-order chi connectivity index (χ0) is 14.5. The van der Waals surface area contributed by atoms with Crippen LogP contribution in [0.3, 0.4) is 0 Å². The SMILES string of the molecule is O=C(c1cc([N+](=O)[O-])ccc1Br)N1CCCCCCC1. The molecule has 0 radical (unpaired) electrons. The number of non-ortho nitro benzene ring substituents is 1. The van der Waals surface area contributed by atoms with Crippen molar-refractivity contribution in [3.05, 3.63) is 38.3 Å². The van der Waals surface area contributed by atoms with Crippen LogP contribution in [0.15, 0.2) is 22.7 Å². The Kier molecular flexibility index (Phi) is 5.11. The number of carbonyl (C=O) groups excluding carboxylic acids is 1. The minimum absolute atomic E-state index is 0.0522. The maximum Gasteiger partial charge on any atom is 0.270 e. The van der Waals surface area contributed by atoms with Gasteiger partial charge in [-0.25, -0.2) is 0 Å². The van der Waals surface area contributed by atoms with Gasteiger partial charge >= 0.3 is 0 Å². The highest BCUT2D eigenvalue weighted by atomic mass is 79.9. The van der Waals surface area contributed by atoms with Crippen molar-refractivity contribution in [2.45, 2.75) is 32.1 Å². The van der Waals surface area contributed by atoms with Crippen LogP contribution in [0.4, 0.5) is 5.69 Å². The summed E-state index contributed by atoms with van der Waals surface area (Å²) in [7, 11) is 0. The topological polar surface area (TPSA) is 63.4 Å². The van der Waals surface area contributed by atoms with Crippen molar-refractivity contribution in [1.29, 1.82) is 0 Å². The summed E-state index contributed by atoms with van der Waals surface area (Å²) in [6.07, 6.45) is 5.50. The third-order valence-corrected chi connectivity index (χ3v) is 4.23. The Morgan fingerprint density at radius 1 is 1.15 bits per heavy atom. The largest absolute Gasteiger partial charge is 0.339 e. The summed E-state index contributed by atoms with van der Waals surface area (Å²) in [6, 6.07) is 4.31. The van der Waals surface area contributed by atoms with Crippen LogP contribution in [-0.2, 0) is 0 Å². The summed E-state index contributed by atoms with van der Waals surface area (Å²) in [6.45, 7) is 1.46. The molecule has 0 N–H and O–H groups in total. The van der Waals surface area contributed by atoms with Gasteiger partial charge in [0.05, 0.1) is 10.5 Å². The summed E-state index contributed by atoms with van der Waals surface area (Å²) in [4.78, 5) is 24.7. The third-order valence-electron chi connectivity index (χ3n) is 3.53. The summed E-state index contributed by atoms with van der Waals surface area (Å²) in [5, 5.41) is 10.8. The highest BCUT2D eigenvalue weighted by molar-refractivity contribution is 9.10. The van der Waals surface area contributed by atoms with Gasteiger partial charge in [0.1, 0.15) is 0 Å². The highest BCUT2D eigenvalue weighted by Crippen LogP contribution is 2.24. The fourth-order valence-electron chi connectivity index (χ4n) is 2.41. The average Bonchev–Trinajstić information content (AvgIpc) is 2.38. The van der Waals surface area contributed by atoms with E-state index in [2.05, 4.69) is 15.9 Å². The molecular formula is C14H17BrN2O3. The summed E-state index contributed by atoms with van der Waals surface area (Å²) >= 11 is 3.31. The lowest BCUT2D eigenvalue weighted by molar-refractivity contribution is -0.384.